The summed E-state index contributed by atoms with van der Waals surface area (Å²) < 4.78 is 11.0. The van der Waals surface area contributed by atoms with Gasteiger partial charge in [0.25, 0.3) is 0 Å². The van der Waals surface area contributed by atoms with E-state index < -0.39 is 0 Å². The monoisotopic (exact) mass is 359 g/mol. The third-order valence-electron chi connectivity index (χ3n) is 3.84. The van der Waals surface area contributed by atoms with Gasteiger partial charge in [-0.15, -0.1) is 0 Å². The van der Waals surface area contributed by atoms with E-state index in [1.165, 1.54) is 21.7 Å². The molecule has 0 fully saturated rings. The molecule has 0 saturated heterocycles. The van der Waals surface area contributed by atoms with Crippen molar-refractivity contribution in [3.05, 3.63) is 53.1 Å². The predicted molar refractivity (Wildman–Crippen MR) is 109 cm³/mol. The van der Waals surface area contributed by atoms with Crippen molar-refractivity contribution >= 4 is 19.2 Å². The van der Waals surface area contributed by atoms with Crippen LogP contribution in [-0.4, -0.2) is 19.4 Å². The number of methoxy groups -OCH3 is 1. The number of benzene rings is 2. The molecule has 3 nitrogen and oxygen atoms in total. The molecule has 0 aromatic heterocycles. The molecule has 0 radical (unpaired) electrons. The maximum absolute atomic E-state index is 5.87. The second kappa shape index (κ2) is 8.80. The number of aryl methyl sites for hydroxylation is 2. The van der Waals surface area contributed by atoms with Gasteiger partial charge in [-0.2, -0.15) is 0 Å². The summed E-state index contributed by atoms with van der Waals surface area (Å²) in [6, 6.07) is 13.0. The summed E-state index contributed by atoms with van der Waals surface area (Å²) in [4.78, 5) is 0. The smallest absolute Gasteiger partial charge is 0.188 e. The van der Waals surface area contributed by atoms with Crippen molar-refractivity contribution in [2.75, 3.05) is 13.9 Å². The van der Waals surface area contributed by atoms with Crippen molar-refractivity contribution in [3.63, 3.8) is 0 Å². The highest BCUT2D eigenvalue weighted by Crippen LogP contribution is 2.26. The van der Waals surface area contributed by atoms with Gasteiger partial charge in [-0.3, -0.25) is 0 Å². The van der Waals surface area contributed by atoms with Gasteiger partial charge in [-0.05, 0) is 62.7 Å². The number of hydrogen-bond donors (Lipinski definition) is 1. The van der Waals surface area contributed by atoms with Gasteiger partial charge < -0.3 is 14.8 Å². The van der Waals surface area contributed by atoms with Crippen molar-refractivity contribution in [1.82, 2.24) is 5.32 Å². The van der Waals surface area contributed by atoms with Crippen molar-refractivity contribution in [1.29, 1.82) is 0 Å². The van der Waals surface area contributed by atoms with Crippen LogP contribution in [0.5, 0.6) is 5.75 Å². The van der Waals surface area contributed by atoms with Crippen molar-refractivity contribution in [2.24, 2.45) is 0 Å². The highest BCUT2D eigenvalue weighted by Gasteiger charge is 2.13. The molecule has 0 amide bonds. The molecule has 136 valence electrons. The van der Waals surface area contributed by atoms with E-state index in [0.717, 1.165) is 17.9 Å². The molecule has 0 spiro atoms. The quantitative estimate of drug-likeness (QED) is 0.602. The van der Waals surface area contributed by atoms with Crippen LogP contribution < -0.4 is 20.7 Å². The third kappa shape index (κ3) is 6.11. The van der Waals surface area contributed by atoms with Gasteiger partial charge in [0.1, 0.15) is 5.75 Å². The molecule has 0 heterocycles. The Bertz CT molecular complexity index is 708. The molecule has 0 bridgehead atoms. The molecule has 1 N–H and O–H groups in total. The average Bonchev–Trinajstić information content (AvgIpc) is 2.52. The van der Waals surface area contributed by atoms with E-state index in [9.17, 15) is 0 Å². The van der Waals surface area contributed by atoms with Crippen LogP contribution in [-0.2, 0) is 11.3 Å². The van der Waals surface area contributed by atoms with E-state index in [1.54, 1.807) is 7.11 Å². The van der Waals surface area contributed by atoms with Gasteiger partial charge in [0, 0.05) is 24.5 Å². The molecule has 4 heteroatoms. The van der Waals surface area contributed by atoms with E-state index >= 15 is 0 Å². The third-order valence-corrected chi connectivity index (χ3v) is 5.23. The molecule has 0 saturated carbocycles. The van der Waals surface area contributed by atoms with Crippen molar-refractivity contribution < 1.29 is 9.47 Å². The first-order valence-electron chi connectivity index (χ1n) is 8.63. The highest BCUT2D eigenvalue weighted by molar-refractivity contribution is 7.55. The molecule has 2 aromatic carbocycles. The minimum atomic E-state index is 0.100. The van der Waals surface area contributed by atoms with Crippen LogP contribution >= 0.6 is 8.58 Å². The molecule has 0 aliphatic carbocycles. The fourth-order valence-electron chi connectivity index (χ4n) is 2.66. The number of rotatable bonds is 7. The molecule has 1 atom stereocenters. The van der Waals surface area contributed by atoms with Crippen LogP contribution in [0.1, 0.15) is 37.5 Å². The first kappa shape index (κ1) is 19.9. The van der Waals surface area contributed by atoms with E-state index in [0.29, 0.717) is 8.58 Å². The van der Waals surface area contributed by atoms with Crippen LogP contribution in [0, 0.1) is 13.8 Å². The number of nitrogens with one attached hydrogen (secondary N) is 1. The van der Waals surface area contributed by atoms with Crippen LogP contribution in [0.25, 0.3) is 0 Å². The molecular formula is C21H30NO2P. The fourth-order valence-corrected chi connectivity index (χ4v) is 4.14. The van der Waals surface area contributed by atoms with Crippen LogP contribution in [0.3, 0.4) is 0 Å². The van der Waals surface area contributed by atoms with Crippen molar-refractivity contribution in [3.8, 4) is 5.75 Å². The first-order valence-corrected chi connectivity index (χ1v) is 9.63. The molecule has 1 unspecified atom stereocenters. The molecule has 2 aromatic rings. The largest absolute Gasteiger partial charge is 0.467 e. The van der Waals surface area contributed by atoms with Gasteiger partial charge in [-0.25, -0.2) is 0 Å². The van der Waals surface area contributed by atoms with Gasteiger partial charge >= 0.3 is 0 Å². The SMILES string of the molecule is COCOc1c(C)cc(C)cc1Pc1ccccc1CNC(C)(C)C. The van der Waals surface area contributed by atoms with Crippen molar-refractivity contribution in [2.45, 2.75) is 46.7 Å². The number of ether oxygens (including phenoxy) is 2. The van der Waals surface area contributed by atoms with Crippen LogP contribution in [0.2, 0.25) is 0 Å². The summed E-state index contributed by atoms with van der Waals surface area (Å²) in [6.45, 7) is 11.9. The maximum atomic E-state index is 5.87. The molecule has 0 aliphatic heterocycles. The Balaban J connectivity index is 2.30. The zero-order valence-corrected chi connectivity index (χ0v) is 17.2. The maximum Gasteiger partial charge on any atom is 0.188 e. The Hall–Kier alpha value is -1.41. The topological polar surface area (TPSA) is 30.5 Å². The normalized spacial score (nSPS) is 12.1. The lowest BCUT2D eigenvalue weighted by Gasteiger charge is -2.22. The molecule has 2 rings (SSSR count). The highest BCUT2D eigenvalue weighted by atomic mass is 31.1. The minimum absolute atomic E-state index is 0.100. The Kier molecular flexibility index (Phi) is 7.01. The second-order valence-corrected chi connectivity index (χ2v) is 8.72. The van der Waals surface area contributed by atoms with Gasteiger partial charge in [0.2, 0.25) is 0 Å². The van der Waals surface area contributed by atoms with Gasteiger partial charge in [0.05, 0.1) is 0 Å². The average molecular weight is 359 g/mol. The summed E-state index contributed by atoms with van der Waals surface area (Å²) >= 11 is 0. The van der Waals surface area contributed by atoms with Gasteiger partial charge in [-0.1, -0.05) is 38.9 Å². The lowest BCUT2D eigenvalue weighted by atomic mass is 10.1. The summed E-state index contributed by atoms with van der Waals surface area (Å²) in [5.41, 5.74) is 3.86. The second-order valence-electron chi connectivity index (χ2n) is 7.40. The van der Waals surface area contributed by atoms with E-state index in [2.05, 4.69) is 76.3 Å². The predicted octanol–water partition coefficient (Wildman–Crippen LogP) is 3.80. The lowest BCUT2D eigenvalue weighted by molar-refractivity contribution is 0.0514. The Labute approximate surface area is 153 Å². The fraction of sp³-hybridized carbons (Fsp3) is 0.429. The standard InChI is InChI=1S/C21H30NO2P/c1-15-11-16(2)20(24-14-23-6)19(12-15)25-18-10-8-7-9-17(18)13-22-21(3,4)5/h7-12,22,25H,13-14H2,1-6H3. The first-order chi connectivity index (χ1) is 11.8. The number of hydrogen-bond acceptors (Lipinski definition) is 3. The molecule has 25 heavy (non-hydrogen) atoms. The van der Waals surface area contributed by atoms with Crippen LogP contribution in [0.15, 0.2) is 36.4 Å². The summed E-state index contributed by atoms with van der Waals surface area (Å²) in [7, 11) is 2.20. The zero-order valence-electron chi connectivity index (χ0n) is 16.2. The lowest BCUT2D eigenvalue weighted by Crippen LogP contribution is -2.36. The zero-order chi connectivity index (χ0) is 18.4. The minimum Gasteiger partial charge on any atom is -0.467 e. The Morgan fingerprint density at radius 1 is 1.04 bits per heavy atom. The van der Waals surface area contributed by atoms with Gasteiger partial charge in [0.15, 0.2) is 6.79 Å². The molecular weight excluding hydrogens is 329 g/mol. The summed E-state index contributed by atoms with van der Waals surface area (Å²) in [5, 5.41) is 6.18. The van der Waals surface area contributed by atoms with E-state index in [1.807, 2.05) is 0 Å². The van der Waals surface area contributed by atoms with E-state index in [-0.39, 0.29) is 12.3 Å². The Morgan fingerprint density at radius 2 is 1.76 bits per heavy atom. The van der Waals surface area contributed by atoms with E-state index in [4.69, 9.17) is 9.47 Å². The van der Waals surface area contributed by atoms with Crippen LogP contribution in [0.4, 0.5) is 0 Å². The molecule has 0 aliphatic rings. The summed E-state index contributed by atoms with van der Waals surface area (Å²) in [5.74, 6) is 0.948. The summed E-state index contributed by atoms with van der Waals surface area (Å²) in [6.07, 6.45) is 0. The Morgan fingerprint density at radius 3 is 2.44 bits per heavy atom.